The van der Waals surface area contributed by atoms with Crippen LogP contribution >= 0.6 is 0 Å². The third kappa shape index (κ3) is 5.37. The highest BCUT2D eigenvalue weighted by atomic mass is 16.5. The van der Waals surface area contributed by atoms with Gasteiger partial charge in [-0.25, -0.2) is 9.78 Å². The van der Waals surface area contributed by atoms with Gasteiger partial charge in [-0.15, -0.1) is 0 Å². The first-order chi connectivity index (χ1) is 13.1. The Morgan fingerprint density at radius 1 is 1.37 bits per heavy atom. The topological polar surface area (TPSA) is 102 Å². The number of hydrogen-bond donors (Lipinski definition) is 1. The van der Waals surface area contributed by atoms with Gasteiger partial charge in [-0.3, -0.25) is 4.98 Å². The normalized spacial score (nSPS) is 11.9. The van der Waals surface area contributed by atoms with Crippen molar-refractivity contribution in [3.8, 4) is 0 Å². The van der Waals surface area contributed by atoms with Gasteiger partial charge in [0.15, 0.2) is 5.82 Å². The van der Waals surface area contributed by atoms with E-state index in [1.54, 1.807) is 36.7 Å². The van der Waals surface area contributed by atoms with Crippen molar-refractivity contribution in [1.29, 1.82) is 0 Å². The van der Waals surface area contributed by atoms with Gasteiger partial charge >= 0.3 is 6.03 Å². The van der Waals surface area contributed by atoms with E-state index in [9.17, 15) is 4.79 Å². The summed E-state index contributed by atoms with van der Waals surface area (Å²) in [6.45, 7) is 5.41. The Morgan fingerprint density at radius 3 is 2.93 bits per heavy atom. The van der Waals surface area contributed by atoms with Gasteiger partial charge in [0.2, 0.25) is 5.89 Å². The maximum absolute atomic E-state index is 12.8. The highest BCUT2D eigenvalue weighted by Crippen LogP contribution is 2.11. The second-order valence-corrected chi connectivity index (χ2v) is 6.29. The number of rotatable bonds is 8. The predicted octanol–water partition coefficient (Wildman–Crippen LogP) is 2.33. The van der Waals surface area contributed by atoms with Gasteiger partial charge in [0, 0.05) is 44.4 Å². The monoisotopic (exact) mass is 369 g/mol. The third-order valence-electron chi connectivity index (χ3n) is 4.04. The lowest BCUT2D eigenvalue weighted by molar-refractivity contribution is 0.187. The van der Waals surface area contributed by atoms with Crippen LogP contribution < -0.4 is 5.32 Å². The van der Waals surface area contributed by atoms with Gasteiger partial charge in [0.1, 0.15) is 6.04 Å². The lowest BCUT2D eigenvalue weighted by atomic mass is 10.2. The molecule has 0 aliphatic rings. The Kier molecular flexibility index (Phi) is 6.14. The summed E-state index contributed by atoms with van der Waals surface area (Å²) in [6.07, 6.45) is 9.71. The largest absolute Gasteiger partial charge is 0.337 e. The maximum atomic E-state index is 12.8. The quantitative estimate of drug-likeness (QED) is 0.654. The molecule has 0 aromatic carbocycles. The summed E-state index contributed by atoms with van der Waals surface area (Å²) >= 11 is 0. The second kappa shape index (κ2) is 8.93. The Hall–Kier alpha value is -3.23. The summed E-state index contributed by atoms with van der Waals surface area (Å²) in [7, 11) is 0. The van der Waals surface area contributed by atoms with Crippen molar-refractivity contribution in [2.24, 2.45) is 0 Å². The zero-order chi connectivity index (χ0) is 19.1. The summed E-state index contributed by atoms with van der Waals surface area (Å²) in [5, 5.41) is 6.69. The highest BCUT2D eigenvalue weighted by Gasteiger charge is 2.20. The molecule has 1 N–H and O–H groups in total. The molecule has 3 aromatic heterocycles. The van der Waals surface area contributed by atoms with Crippen LogP contribution in [0.2, 0.25) is 0 Å². The molecular formula is C18H23N7O2. The van der Waals surface area contributed by atoms with Crippen molar-refractivity contribution in [3.05, 3.63) is 60.5 Å². The smallest absolute Gasteiger partial charge is 0.318 e. The Bertz CT molecular complexity index is 833. The second-order valence-electron chi connectivity index (χ2n) is 6.29. The number of amides is 2. The van der Waals surface area contributed by atoms with Crippen molar-refractivity contribution in [2.45, 2.75) is 39.4 Å². The van der Waals surface area contributed by atoms with E-state index in [1.165, 1.54) is 0 Å². The number of nitrogens with one attached hydrogen (secondary N) is 1. The molecule has 9 nitrogen and oxygen atoms in total. The van der Waals surface area contributed by atoms with Crippen molar-refractivity contribution < 1.29 is 9.32 Å². The first-order valence-electron chi connectivity index (χ1n) is 8.82. The van der Waals surface area contributed by atoms with E-state index in [2.05, 4.69) is 25.4 Å². The minimum Gasteiger partial charge on any atom is -0.337 e. The average Bonchev–Trinajstić information content (AvgIpc) is 3.33. The van der Waals surface area contributed by atoms with Crippen molar-refractivity contribution in [1.82, 2.24) is 34.9 Å². The summed E-state index contributed by atoms with van der Waals surface area (Å²) in [6, 6.07) is 3.26. The van der Waals surface area contributed by atoms with Crippen LogP contribution in [0, 0.1) is 6.92 Å². The molecule has 0 fully saturated rings. The van der Waals surface area contributed by atoms with Crippen LogP contribution in [0.15, 0.2) is 47.8 Å². The number of carbonyl (C=O) groups is 1. The first-order valence-corrected chi connectivity index (χ1v) is 8.82. The zero-order valence-electron chi connectivity index (χ0n) is 15.4. The molecule has 0 saturated heterocycles. The van der Waals surface area contributed by atoms with Gasteiger partial charge in [-0.2, -0.15) is 4.98 Å². The number of hydrogen-bond acceptors (Lipinski definition) is 6. The van der Waals surface area contributed by atoms with Crippen molar-refractivity contribution >= 4 is 6.03 Å². The van der Waals surface area contributed by atoms with Crippen molar-refractivity contribution in [3.63, 3.8) is 0 Å². The molecule has 27 heavy (non-hydrogen) atoms. The summed E-state index contributed by atoms with van der Waals surface area (Å²) in [4.78, 5) is 26.9. The van der Waals surface area contributed by atoms with E-state index in [-0.39, 0.29) is 12.1 Å². The summed E-state index contributed by atoms with van der Waals surface area (Å²) in [5.41, 5.74) is 0.969. The Labute approximate surface area is 157 Å². The highest BCUT2D eigenvalue weighted by molar-refractivity contribution is 5.74. The fraction of sp³-hybridized carbons (Fsp3) is 0.389. The van der Waals surface area contributed by atoms with Gasteiger partial charge in [0.05, 0.1) is 6.33 Å². The number of imidazole rings is 1. The van der Waals surface area contributed by atoms with Crippen LogP contribution in [0.3, 0.4) is 0 Å². The minimum absolute atomic E-state index is 0.187. The van der Waals surface area contributed by atoms with Crippen LogP contribution in [-0.4, -0.2) is 42.2 Å². The Balaban J connectivity index is 1.62. The molecule has 0 radical (unpaired) electrons. The van der Waals surface area contributed by atoms with Crippen LogP contribution in [-0.2, 0) is 13.1 Å². The van der Waals surface area contributed by atoms with E-state index >= 15 is 0 Å². The molecule has 2 amide bonds. The van der Waals surface area contributed by atoms with E-state index in [0.717, 1.165) is 18.5 Å². The molecule has 1 atom stereocenters. The van der Waals surface area contributed by atoms with Crippen LogP contribution in [0.5, 0.6) is 0 Å². The number of aromatic nitrogens is 5. The number of urea groups is 1. The molecule has 0 unspecified atom stereocenters. The molecule has 0 bridgehead atoms. The standard InChI is InChI=1S/C18H23N7O2/c1-14(17-22-15(2)23-27-17)21-18(26)25(12-16-5-3-6-19-11-16)9-4-8-24-10-7-20-13-24/h3,5-7,10-11,13-14H,4,8-9,12H2,1-2H3,(H,21,26)/t14-/m1/s1. The van der Waals surface area contributed by atoms with E-state index < -0.39 is 0 Å². The number of pyridine rings is 1. The van der Waals surface area contributed by atoms with E-state index in [1.807, 2.05) is 29.8 Å². The zero-order valence-corrected chi connectivity index (χ0v) is 15.4. The van der Waals surface area contributed by atoms with E-state index in [0.29, 0.717) is 24.8 Å². The van der Waals surface area contributed by atoms with Gasteiger partial charge in [-0.05, 0) is 31.9 Å². The maximum Gasteiger partial charge on any atom is 0.318 e. The van der Waals surface area contributed by atoms with E-state index in [4.69, 9.17) is 4.52 Å². The minimum atomic E-state index is -0.372. The molecule has 0 spiro atoms. The molecule has 142 valence electrons. The predicted molar refractivity (Wildman–Crippen MR) is 97.5 cm³/mol. The molecule has 0 aliphatic carbocycles. The fourth-order valence-corrected chi connectivity index (χ4v) is 2.65. The molecule has 3 rings (SSSR count). The van der Waals surface area contributed by atoms with Crippen LogP contribution in [0.4, 0.5) is 4.79 Å². The molecule has 3 aromatic rings. The first kappa shape index (κ1) is 18.6. The molecule has 0 aliphatic heterocycles. The molecular weight excluding hydrogens is 346 g/mol. The number of nitrogens with zero attached hydrogens (tertiary/aromatic N) is 6. The number of aryl methyl sites for hydroxylation is 2. The summed E-state index contributed by atoms with van der Waals surface area (Å²) in [5.74, 6) is 0.930. The Morgan fingerprint density at radius 2 is 2.26 bits per heavy atom. The van der Waals surface area contributed by atoms with Crippen LogP contribution in [0.25, 0.3) is 0 Å². The SMILES string of the molecule is Cc1noc([C@@H](C)NC(=O)N(CCCn2ccnc2)Cc2cccnc2)n1. The average molecular weight is 369 g/mol. The van der Waals surface area contributed by atoms with Gasteiger partial charge < -0.3 is 19.3 Å². The molecule has 0 saturated carbocycles. The van der Waals surface area contributed by atoms with Gasteiger partial charge in [-0.1, -0.05) is 11.2 Å². The summed E-state index contributed by atoms with van der Waals surface area (Å²) < 4.78 is 7.13. The molecule has 9 heteroatoms. The number of carbonyl (C=O) groups excluding carboxylic acids is 1. The van der Waals surface area contributed by atoms with Gasteiger partial charge in [0.25, 0.3) is 0 Å². The van der Waals surface area contributed by atoms with Crippen molar-refractivity contribution in [2.75, 3.05) is 6.54 Å². The fourth-order valence-electron chi connectivity index (χ4n) is 2.65. The lowest BCUT2D eigenvalue weighted by Crippen LogP contribution is -2.41. The van der Waals surface area contributed by atoms with Crippen LogP contribution in [0.1, 0.15) is 36.7 Å². The molecule has 3 heterocycles. The lowest BCUT2D eigenvalue weighted by Gasteiger charge is -2.24. The third-order valence-corrected chi connectivity index (χ3v) is 4.04.